The first-order chi connectivity index (χ1) is 18.2. The number of unbranched alkanes of at least 4 members (excludes halogenated alkanes) is 1. The van der Waals surface area contributed by atoms with Gasteiger partial charge in [0.1, 0.15) is 0 Å². The molecule has 0 saturated carbocycles. The van der Waals surface area contributed by atoms with Gasteiger partial charge in [0.25, 0.3) is 0 Å². The number of rotatable bonds is 8. The van der Waals surface area contributed by atoms with Gasteiger partial charge >= 0.3 is 14.2 Å². The minimum absolute atomic E-state index is 0.371. The Kier molecular flexibility index (Phi) is 7.32. The van der Waals surface area contributed by atoms with Gasteiger partial charge in [-0.3, -0.25) is 0 Å². The number of aromatic nitrogens is 1. The number of hydrogen-bond acceptors (Lipinski definition) is 4. The summed E-state index contributed by atoms with van der Waals surface area (Å²) in [5.74, 6) is 0.616. The Bertz CT molecular complexity index is 1230. The van der Waals surface area contributed by atoms with Crippen LogP contribution < -0.4 is 10.9 Å². The summed E-state index contributed by atoms with van der Waals surface area (Å²) in [4.78, 5) is 0. The molecular formula is C32H47B2NO4. The maximum Gasteiger partial charge on any atom is 0.494 e. The third-order valence-electron chi connectivity index (χ3n) is 9.95. The lowest BCUT2D eigenvalue weighted by Crippen LogP contribution is -2.41. The molecule has 2 aliphatic rings. The molecule has 1 atom stereocenters. The van der Waals surface area contributed by atoms with Crippen molar-refractivity contribution in [3.05, 3.63) is 36.4 Å². The average molecular weight is 531 g/mol. The van der Waals surface area contributed by atoms with Gasteiger partial charge in [-0.15, -0.1) is 0 Å². The van der Waals surface area contributed by atoms with E-state index in [1.165, 1.54) is 41.1 Å². The summed E-state index contributed by atoms with van der Waals surface area (Å²) in [6.45, 7) is 22.5. The van der Waals surface area contributed by atoms with Crippen LogP contribution in [-0.4, -0.2) is 41.2 Å². The predicted octanol–water partition coefficient (Wildman–Crippen LogP) is 6.61. The van der Waals surface area contributed by atoms with E-state index in [0.717, 1.165) is 23.9 Å². The van der Waals surface area contributed by atoms with E-state index in [1.807, 2.05) is 0 Å². The van der Waals surface area contributed by atoms with Gasteiger partial charge in [-0.1, -0.05) is 57.4 Å². The molecular weight excluding hydrogens is 484 g/mol. The first-order valence-corrected chi connectivity index (χ1v) is 15.0. The lowest BCUT2D eigenvalue weighted by atomic mass is 9.78. The second kappa shape index (κ2) is 9.94. The van der Waals surface area contributed by atoms with Gasteiger partial charge < -0.3 is 23.2 Å². The minimum atomic E-state index is -0.381. The Morgan fingerprint density at radius 2 is 1.08 bits per heavy atom. The lowest BCUT2D eigenvalue weighted by Gasteiger charge is -2.32. The van der Waals surface area contributed by atoms with E-state index in [4.69, 9.17) is 18.6 Å². The third-order valence-corrected chi connectivity index (χ3v) is 9.95. The number of nitrogens with zero attached hydrogens (tertiary/aromatic N) is 1. The van der Waals surface area contributed by atoms with E-state index >= 15 is 0 Å². The SMILES string of the molecule is CCCC[C@@H](CC)Cn1c2cc(B3OC(C)(C)C(C)(C)O3)ccc2c2ccc(B3OC(C)(C)C(C)(C)O3)cc21. The van der Waals surface area contributed by atoms with Crippen molar-refractivity contribution in [1.29, 1.82) is 0 Å². The molecule has 2 aliphatic heterocycles. The third kappa shape index (κ3) is 4.98. The molecule has 5 nitrogen and oxygen atoms in total. The van der Waals surface area contributed by atoms with Gasteiger partial charge in [0.2, 0.25) is 0 Å². The highest BCUT2D eigenvalue weighted by molar-refractivity contribution is 6.63. The zero-order valence-electron chi connectivity index (χ0n) is 25.8. The maximum absolute atomic E-state index is 6.43. The van der Waals surface area contributed by atoms with E-state index in [2.05, 4.69) is 110 Å². The molecule has 1 aromatic heterocycles. The fourth-order valence-corrected chi connectivity index (χ4v) is 5.75. The van der Waals surface area contributed by atoms with Crippen LogP contribution in [0, 0.1) is 5.92 Å². The fourth-order valence-electron chi connectivity index (χ4n) is 5.75. The molecule has 3 aromatic rings. The van der Waals surface area contributed by atoms with Crippen LogP contribution in [0.2, 0.25) is 0 Å². The van der Waals surface area contributed by atoms with Crippen LogP contribution >= 0.6 is 0 Å². The Morgan fingerprint density at radius 3 is 1.44 bits per heavy atom. The second-order valence-electron chi connectivity index (χ2n) is 13.8. The van der Waals surface area contributed by atoms with E-state index in [0.29, 0.717) is 5.92 Å². The van der Waals surface area contributed by atoms with E-state index in [-0.39, 0.29) is 36.6 Å². The quantitative estimate of drug-likeness (QED) is 0.307. The zero-order chi connectivity index (χ0) is 28.4. The predicted molar refractivity (Wildman–Crippen MR) is 164 cm³/mol. The van der Waals surface area contributed by atoms with Crippen molar-refractivity contribution >= 4 is 47.0 Å². The molecule has 0 aliphatic carbocycles. The van der Waals surface area contributed by atoms with Gasteiger partial charge in [-0.05, 0) is 90.8 Å². The molecule has 7 heteroatoms. The van der Waals surface area contributed by atoms with Crippen molar-refractivity contribution in [3.8, 4) is 0 Å². The number of benzene rings is 2. The average Bonchev–Trinajstić information content (AvgIpc) is 3.37. The molecule has 0 unspecified atom stereocenters. The van der Waals surface area contributed by atoms with Gasteiger partial charge in [0.05, 0.1) is 22.4 Å². The monoisotopic (exact) mass is 531 g/mol. The molecule has 0 amide bonds. The molecule has 0 bridgehead atoms. The second-order valence-corrected chi connectivity index (χ2v) is 13.8. The molecule has 2 fully saturated rings. The fraction of sp³-hybridized carbons (Fsp3) is 0.625. The van der Waals surface area contributed by atoms with Crippen LogP contribution in [0.25, 0.3) is 21.8 Å². The highest BCUT2D eigenvalue weighted by atomic mass is 16.7. The van der Waals surface area contributed by atoms with Gasteiger partial charge in [-0.2, -0.15) is 0 Å². The van der Waals surface area contributed by atoms with Gasteiger partial charge in [-0.25, -0.2) is 0 Å². The standard InChI is InChI=1S/C32H47B2NO4/c1-11-13-14-22(12-2)21-35-27-19-23(33-36-29(3,4)30(5,6)37-33)15-17-25(27)26-18-16-24(20-28(26)35)34-38-31(7,8)32(9,10)39-34/h15-20,22H,11-14,21H2,1-10H3/t22-/m1/s1. The largest absolute Gasteiger partial charge is 0.494 e. The maximum atomic E-state index is 6.43. The van der Waals surface area contributed by atoms with Crippen LogP contribution in [-0.2, 0) is 25.2 Å². The normalized spacial score (nSPS) is 22.3. The molecule has 0 N–H and O–H groups in total. The molecule has 210 valence electrons. The zero-order valence-corrected chi connectivity index (χ0v) is 25.8. The summed E-state index contributed by atoms with van der Waals surface area (Å²) < 4.78 is 28.2. The molecule has 39 heavy (non-hydrogen) atoms. The van der Waals surface area contributed by atoms with Gasteiger partial charge in [0.15, 0.2) is 0 Å². The molecule has 3 heterocycles. The number of fused-ring (bicyclic) bond motifs is 3. The van der Waals surface area contributed by atoms with Crippen molar-refractivity contribution in [2.45, 2.75) is 124 Å². The smallest absolute Gasteiger partial charge is 0.399 e. The minimum Gasteiger partial charge on any atom is -0.399 e. The molecule has 0 spiro atoms. The highest BCUT2D eigenvalue weighted by Crippen LogP contribution is 2.39. The van der Waals surface area contributed by atoms with Crippen LogP contribution in [0.4, 0.5) is 0 Å². The van der Waals surface area contributed by atoms with Crippen molar-refractivity contribution in [2.75, 3.05) is 0 Å². The Morgan fingerprint density at radius 1 is 0.667 bits per heavy atom. The molecule has 2 aromatic carbocycles. The molecule has 2 saturated heterocycles. The molecule has 5 rings (SSSR count). The summed E-state index contributed by atoms with van der Waals surface area (Å²) >= 11 is 0. The molecule has 0 radical (unpaired) electrons. The van der Waals surface area contributed by atoms with E-state index in [9.17, 15) is 0 Å². The van der Waals surface area contributed by atoms with Crippen molar-refractivity contribution < 1.29 is 18.6 Å². The van der Waals surface area contributed by atoms with Crippen LogP contribution in [0.15, 0.2) is 36.4 Å². The van der Waals surface area contributed by atoms with Crippen LogP contribution in [0.3, 0.4) is 0 Å². The summed E-state index contributed by atoms with van der Waals surface area (Å²) in [5.41, 5.74) is 3.12. The Balaban J connectivity index is 1.61. The summed E-state index contributed by atoms with van der Waals surface area (Å²) in [5, 5.41) is 2.52. The van der Waals surface area contributed by atoms with Crippen LogP contribution in [0.5, 0.6) is 0 Å². The first kappa shape index (κ1) is 28.7. The first-order valence-electron chi connectivity index (χ1n) is 15.0. The van der Waals surface area contributed by atoms with E-state index < -0.39 is 0 Å². The number of hydrogen-bond donors (Lipinski definition) is 0. The lowest BCUT2D eigenvalue weighted by molar-refractivity contribution is 0.00578. The topological polar surface area (TPSA) is 41.9 Å². The van der Waals surface area contributed by atoms with Crippen molar-refractivity contribution in [2.24, 2.45) is 5.92 Å². The van der Waals surface area contributed by atoms with E-state index in [1.54, 1.807) is 0 Å². The van der Waals surface area contributed by atoms with Crippen molar-refractivity contribution in [1.82, 2.24) is 4.57 Å². The highest BCUT2D eigenvalue weighted by Gasteiger charge is 2.53. The van der Waals surface area contributed by atoms with Crippen LogP contribution in [0.1, 0.15) is 94.9 Å². The summed E-state index contributed by atoms with van der Waals surface area (Å²) in [6, 6.07) is 13.4. The van der Waals surface area contributed by atoms with Crippen molar-refractivity contribution in [3.63, 3.8) is 0 Å². The Labute approximate surface area is 236 Å². The Hall–Kier alpha value is -1.79. The summed E-state index contributed by atoms with van der Waals surface area (Å²) in [7, 11) is -0.763. The van der Waals surface area contributed by atoms with Gasteiger partial charge in [0, 0.05) is 28.4 Å². The summed E-state index contributed by atoms with van der Waals surface area (Å²) in [6.07, 6.45) is 4.88.